The van der Waals surface area contributed by atoms with Gasteiger partial charge in [-0.1, -0.05) is 0 Å². The lowest BCUT2D eigenvalue weighted by atomic mass is 10.3. The Bertz CT molecular complexity index is 297. The lowest BCUT2D eigenvalue weighted by Crippen LogP contribution is -2.18. The van der Waals surface area contributed by atoms with Crippen molar-refractivity contribution in [2.75, 3.05) is 5.73 Å². The van der Waals surface area contributed by atoms with Crippen LogP contribution < -0.4 is 11.2 Å². The van der Waals surface area contributed by atoms with Crippen LogP contribution in [0.2, 0.25) is 0 Å². The van der Waals surface area contributed by atoms with E-state index in [1.165, 1.54) is 17.4 Å². The third-order valence-electron chi connectivity index (χ3n) is 1.11. The van der Waals surface area contributed by atoms with Crippen molar-refractivity contribution in [2.24, 2.45) is 0 Å². The maximum atomic E-state index is 11.0. The molecule has 0 aliphatic heterocycles. The van der Waals surface area contributed by atoms with E-state index in [0.29, 0.717) is 5.00 Å². The van der Waals surface area contributed by atoms with E-state index in [-0.39, 0.29) is 12.0 Å². The number of nitrogen functional groups attached to an aromatic ring is 1. The van der Waals surface area contributed by atoms with Crippen LogP contribution in [0.15, 0.2) is 11.4 Å². The minimum absolute atomic E-state index is 0.259. The number of carbonyl (C=O) groups excluding carboxylic acids is 2. The summed E-state index contributed by atoms with van der Waals surface area (Å²) in [6, 6.07) is 1.52. The number of carbonyl (C=O) groups is 2. The molecule has 5 nitrogen and oxygen atoms in total. The van der Waals surface area contributed by atoms with Gasteiger partial charge in [0, 0.05) is 0 Å². The molecule has 0 aromatic carbocycles. The highest BCUT2D eigenvalue weighted by molar-refractivity contribution is 7.14. The van der Waals surface area contributed by atoms with Gasteiger partial charge in [-0.2, -0.15) is 5.48 Å². The molecular weight excluding hydrogens is 180 g/mol. The Morgan fingerprint density at radius 2 is 2.50 bits per heavy atom. The Kier molecular flexibility index (Phi) is 2.65. The van der Waals surface area contributed by atoms with Crippen molar-refractivity contribution in [3.05, 3.63) is 17.0 Å². The molecule has 0 radical (unpaired) electrons. The summed E-state index contributed by atoms with van der Waals surface area (Å²) in [5, 5.41) is 2.03. The number of anilines is 1. The van der Waals surface area contributed by atoms with Crippen molar-refractivity contribution in [3.8, 4) is 0 Å². The van der Waals surface area contributed by atoms with E-state index in [9.17, 15) is 9.59 Å². The SMILES string of the molecule is Nc1sccc1C(=O)ONC=O. The van der Waals surface area contributed by atoms with Crippen molar-refractivity contribution < 1.29 is 14.4 Å². The summed E-state index contributed by atoms with van der Waals surface area (Å²) in [4.78, 5) is 25.0. The fraction of sp³-hybridized carbons (Fsp3) is 0. The van der Waals surface area contributed by atoms with Gasteiger partial charge < -0.3 is 10.6 Å². The molecule has 0 atom stereocenters. The summed E-state index contributed by atoms with van der Waals surface area (Å²) in [6.45, 7) is 0. The van der Waals surface area contributed by atoms with Crippen LogP contribution in [0.1, 0.15) is 10.4 Å². The van der Waals surface area contributed by atoms with Gasteiger partial charge >= 0.3 is 5.97 Å². The van der Waals surface area contributed by atoms with Crippen LogP contribution in [-0.4, -0.2) is 12.4 Å². The normalized spacial score (nSPS) is 9.00. The average Bonchev–Trinajstić information content (AvgIpc) is 2.47. The van der Waals surface area contributed by atoms with Crippen molar-refractivity contribution in [2.45, 2.75) is 0 Å². The van der Waals surface area contributed by atoms with E-state index in [1.807, 2.05) is 0 Å². The van der Waals surface area contributed by atoms with Gasteiger partial charge in [-0.15, -0.1) is 11.3 Å². The van der Waals surface area contributed by atoms with Crippen LogP contribution in [0.5, 0.6) is 0 Å². The molecule has 1 rings (SSSR count). The lowest BCUT2D eigenvalue weighted by Gasteiger charge is -1.98. The van der Waals surface area contributed by atoms with Crippen LogP contribution in [0.3, 0.4) is 0 Å². The minimum Gasteiger partial charge on any atom is -0.390 e. The quantitative estimate of drug-likeness (QED) is 0.520. The minimum atomic E-state index is -0.666. The van der Waals surface area contributed by atoms with E-state index in [2.05, 4.69) is 4.84 Å². The topological polar surface area (TPSA) is 81.4 Å². The van der Waals surface area contributed by atoms with Crippen molar-refractivity contribution in [3.63, 3.8) is 0 Å². The zero-order valence-corrected chi connectivity index (χ0v) is 6.76. The van der Waals surface area contributed by atoms with E-state index < -0.39 is 5.97 Å². The third kappa shape index (κ3) is 1.73. The maximum Gasteiger partial charge on any atom is 0.365 e. The molecule has 3 N–H and O–H groups in total. The standard InChI is InChI=1S/C6H6N2O3S/c7-5-4(1-2-12-5)6(10)11-8-3-9/h1-3H,7H2,(H,8,9). The van der Waals surface area contributed by atoms with Gasteiger partial charge in [0.2, 0.25) is 6.41 Å². The van der Waals surface area contributed by atoms with Crippen LogP contribution >= 0.6 is 11.3 Å². The van der Waals surface area contributed by atoms with Crippen molar-refractivity contribution >= 4 is 28.7 Å². The second-order valence-corrected chi connectivity index (χ2v) is 2.77. The van der Waals surface area contributed by atoms with Gasteiger partial charge in [0.25, 0.3) is 0 Å². The fourth-order valence-electron chi connectivity index (χ4n) is 0.622. The highest BCUT2D eigenvalue weighted by atomic mass is 32.1. The molecule has 0 aliphatic rings. The summed E-state index contributed by atoms with van der Waals surface area (Å²) < 4.78 is 0. The highest BCUT2D eigenvalue weighted by Crippen LogP contribution is 2.19. The molecule has 64 valence electrons. The number of hydroxylamine groups is 1. The molecular formula is C6H6N2O3S. The van der Waals surface area contributed by atoms with Crippen LogP contribution in [-0.2, 0) is 9.63 Å². The van der Waals surface area contributed by atoms with Gasteiger partial charge in [0.15, 0.2) is 0 Å². The molecule has 6 heteroatoms. The first kappa shape index (κ1) is 8.54. The number of amides is 1. The third-order valence-corrected chi connectivity index (χ3v) is 1.86. The predicted octanol–water partition coefficient (Wildman–Crippen LogP) is 0.148. The predicted molar refractivity (Wildman–Crippen MR) is 43.3 cm³/mol. The molecule has 0 saturated carbocycles. The van der Waals surface area contributed by atoms with E-state index in [0.717, 1.165) is 0 Å². The number of thiophene rings is 1. The van der Waals surface area contributed by atoms with Gasteiger partial charge in [0.1, 0.15) is 5.00 Å². The van der Waals surface area contributed by atoms with Crippen LogP contribution in [0.25, 0.3) is 0 Å². The maximum absolute atomic E-state index is 11.0. The van der Waals surface area contributed by atoms with Crippen molar-refractivity contribution in [1.29, 1.82) is 0 Å². The van der Waals surface area contributed by atoms with E-state index in [1.54, 1.807) is 10.9 Å². The molecule has 0 fully saturated rings. The monoisotopic (exact) mass is 186 g/mol. The van der Waals surface area contributed by atoms with Gasteiger partial charge in [-0.25, -0.2) is 4.79 Å². The Morgan fingerprint density at radius 3 is 3.00 bits per heavy atom. The zero-order valence-electron chi connectivity index (χ0n) is 5.94. The Hall–Kier alpha value is -1.56. The highest BCUT2D eigenvalue weighted by Gasteiger charge is 2.11. The van der Waals surface area contributed by atoms with Crippen molar-refractivity contribution in [1.82, 2.24) is 5.48 Å². The average molecular weight is 186 g/mol. The molecule has 0 bridgehead atoms. The fourth-order valence-corrected chi connectivity index (χ4v) is 1.25. The molecule has 1 aromatic heterocycles. The van der Waals surface area contributed by atoms with Gasteiger partial charge in [-0.05, 0) is 11.4 Å². The number of rotatable bonds is 3. The second kappa shape index (κ2) is 3.72. The summed E-state index contributed by atoms with van der Waals surface area (Å²) >= 11 is 1.23. The Morgan fingerprint density at radius 1 is 1.75 bits per heavy atom. The molecule has 0 aliphatic carbocycles. The lowest BCUT2D eigenvalue weighted by molar-refractivity contribution is -0.117. The van der Waals surface area contributed by atoms with Gasteiger partial charge in [-0.3, -0.25) is 4.79 Å². The molecule has 0 unspecified atom stereocenters. The van der Waals surface area contributed by atoms with Gasteiger partial charge in [0.05, 0.1) is 5.56 Å². The summed E-state index contributed by atoms with van der Waals surface area (Å²) in [6.07, 6.45) is 0.264. The first-order chi connectivity index (χ1) is 5.75. The molecule has 12 heavy (non-hydrogen) atoms. The largest absolute Gasteiger partial charge is 0.390 e. The molecule has 0 spiro atoms. The number of hydrogen-bond acceptors (Lipinski definition) is 5. The zero-order chi connectivity index (χ0) is 8.97. The molecule has 1 aromatic rings. The first-order valence-electron chi connectivity index (χ1n) is 2.99. The number of hydrogen-bond donors (Lipinski definition) is 2. The number of nitrogens with one attached hydrogen (secondary N) is 1. The summed E-state index contributed by atoms with van der Waals surface area (Å²) in [5.41, 5.74) is 7.46. The smallest absolute Gasteiger partial charge is 0.365 e. The summed E-state index contributed by atoms with van der Waals surface area (Å²) in [7, 11) is 0. The summed E-state index contributed by atoms with van der Waals surface area (Å²) in [5.74, 6) is -0.666. The number of nitrogens with two attached hydrogens (primary N) is 1. The molecule has 0 saturated heterocycles. The first-order valence-corrected chi connectivity index (χ1v) is 3.87. The van der Waals surface area contributed by atoms with Crippen LogP contribution in [0.4, 0.5) is 5.00 Å². The Labute approximate surface area is 72.1 Å². The second-order valence-electron chi connectivity index (χ2n) is 1.82. The van der Waals surface area contributed by atoms with E-state index in [4.69, 9.17) is 5.73 Å². The molecule has 1 amide bonds. The van der Waals surface area contributed by atoms with E-state index >= 15 is 0 Å². The Balaban J connectivity index is 2.65. The van der Waals surface area contributed by atoms with Crippen LogP contribution in [0, 0.1) is 0 Å². The molecule has 1 heterocycles.